The second-order valence-electron chi connectivity index (χ2n) is 8.89. The highest BCUT2D eigenvalue weighted by Gasteiger charge is 2.53. The molecule has 3 fully saturated rings. The number of piperidine rings is 1. The van der Waals surface area contributed by atoms with E-state index in [0.29, 0.717) is 5.41 Å². The molecule has 0 radical (unpaired) electrons. The molecule has 1 aromatic rings. The van der Waals surface area contributed by atoms with Crippen molar-refractivity contribution in [3.63, 3.8) is 0 Å². The second kappa shape index (κ2) is 5.90. The lowest BCUT2D eigenvalue weighted by molar-refractivity contribution is 0.00276. The van der Waals surface area contributed by atoms with E-state index < -0.39 is 0 Å². The van der Waals surface area contributed by atoms with Gasteiger partial charge in [-0.25, -0.2) is 0 Å². The number of nitrogens with zero attached hydrogens (tertiary/aromatic N) is 2. The van der Waals surface area contributed by atoms with Gasteiger partial charge in [0, 0.05) is 24.5 Å². The fraction of sp³-hybridized carbons (Fsp3) is 0.727. The summed E-state index contributed by atoms with van der Waals surface area (Å²) >= 11 is 0. The average molecular weight is 341 g/mol. The highest BCUT2D eigenvalue weighted by Crippen LogP contribution is 2.56. The summed E-state index contributed by atoms with van der Waals surface area (Å²) in [4.78, 5) is 5.21. The molecule has 3 atom stereocenters. The summed E-state index contributed by atoms with van der Waals surface area (Å²) in [6.07, 6.45) is 10.9. The van der Waals surface area contributed by atoms with Gasteiger partial charge in [0.25, 0.3) is 0 Å². The molecule has 136 valence electrons. The van der Waals surface area contributed by atoms with Crippen LogP contribution in [0.15, 0.2) is 12.1 Å². The molecule has 1 saturated carbocycles. The maximum absolute atomic E-state index is 5.91. The van der Waals surface area contributed by atoms with Crippen LogP contribution in [0.4, 0.5) is 5.69 Å². The average Bonchev–Trinajstić information content (AvgIpc) is 3.18. The minimum absolute atomic E-state index is 0.430. The normalized spacial score (nSPS) is 34.6. The number of likely N-dealkylation sites (tertiary alicyclic amines) is 1. The Morgan fingerprint density at radius 2 is 1.88 bits per heavy atom. The van der Waals surface area contributed by atoms with Crippen LogP contribution in [-0.2, 0) is 11.8 Å². The molecule has 5 rings (SSSR count). The Morgan fingerprint density at radius 1 is 1.04 bits per heavy atom. The van der Waals surface area contributed by atoms with Crippen LogP contribution in [-0.4, -0.2) is 44.7 Å². The van der Waals surface area contributed by atoms with Crippen molar-refractivity contribution in [1.82, 2.24) is 4.90 Å². The van der Waals surface area contributed by atoms with Crippen molar-refractivity contribution in [3.8, 4) is 5.75 Å². The van der Waals surface area contributed by atoms with Crippen molar-refractivity contribution in [3.05, 3.63) is 23.3 Å². The van der Waals surface area contributed by atoms with Crippen LogP contribution < -0.4 is 9.64 Å². The fourth-order valence-electron chi connectivity index (χ4n) is 6.59. The van der Waals surface area contributed by atoms with E-state index in [2.05, 4.69) is 29.0 Å². The first-order valence-electron chi connectivity index (χ1n) is 10.4. The summed E-state index contributed by atoms with van der Waals surface area (Å²) in [6.45, 7) is 3.63. The molecule has 2 aliphatic carbocycles. The zero-order valence-electron chi connectivity index (χ0n) is 15.9. The molecule has 2 aliphatic heterocycles. The molecule has 0 aromatic heterocycles. The molecule has 3 nitrogen and oxygen atoms in total. The van der Waals surface area contributed by atoms with Gasteiger partial charge in [-0.05, 0) is 81.3 Å². The number of fused-ring (bicyclic) bond motifs is 1. The topological polar surface area (TPSA) is 15.7 Å². The van der Waals surface area contributed by atoms with E-state index in [1.807, 2.05) is 7.11 Å². The van der Waals surface area contributed by atoms with Crippen molar-refractivity contribution in [2.24, 2.45) is 5.92 Å². The van der Waals surface area contributed by atoms with Crippen molar-refractivity contribution in [1.29, 1.82) is 0 Å². The number of benzene rings is 1. The van der Waals surface area contributed by atoms with Crippen LogP contribution in [0.5, 0.6) is 5.75 Å². The number of methoxy groups -OCH3 is 1. The molecular formula is C22H32N2O. The first-order valence-corrected chi connectivity index (χ1v) is 10.4. The van der Waals surface area contributed by atoms with E-state index in [-0.39, 0.29) is 0 Å². The maximum Gasteiger partial charge on any atom is 0.142 e. The number of hydrogen-bond acceptors (Lipinski definition) is 3. The van der Waals surface area contributed by atoms with Gasteiger partial charge in [0.15, 0.2) is 0 Å². The van der Waals surface area contributed by atoms with Gasteiger partial charge in [0.2, 0.25) is 0 Å². The van der Waals surface area contributed by atoms with E-state index in [0.717, 1.165) is 17.7 Å². The summed E-state index contributed by atoms with van der Waals surface area (Å²) in [5.41, 5.74) is 5.06. The Hall–Kier alpha value is -1.22. The highest BCUT2D eigenvalue weighted by atomic mass is 16.5. The summed E-state index contributed by atoms with van der Waals surface area (Å²) in [7, 11) is 4.22. The maximum atomic E-state index is 5.91. The molecule has 2 saturated heterocycles. The standard InChI is InChI=1S/C22H32N2O/c1-23-12-9-22-8-4-3-7-17(22)19(23)13-16-14-20(24-10-5-6-11-24)21(25-2)15-18(16)22/h14-15,17,19H,3-13H2,1-2H3/t17-,19-,22-/m1/s1. The number of hydrogen-bond donors (Lipinski definition) is 0. The van der Waals surface area contributed by atoms with E-state index in [1.54, 1.807) is 11.1 Å². The van der Waals surface area contributed by atoms with Crippen molar-refractivity contribution >= 4 is 5.69 Å². The number of rotatable bonds is 2. The molecule has 3 heteroatoms. The van der Waals surface area contributed by atoms with E-state index in [4.69, 9.17) is 4.74 Å². The fourth-order valence-corrected chi connectivity index (χ4v) is 6.59. The van der Waals surface area contributed by atoms with E-state index >= 15 is 0 Å². The zero-order valence-corrected chi connectivity index (χ0v) is 15.9. The summed E-state index contributed by atoms with van der Waals surface area (Å²) < 4.78 is 5.91. The van der Waals surface area contributed by atoms with Gasteiger partial charge in [-0.3, -0.25) is 0 Å². The monoisotopic (exact) mass is 340 g/mol. The third-order valence-electron chi connectivity index (χ3n) is 7.86. The summed E-state index contributed by atoms with van der Waals surface area (Å²) in [6, 6.07) is 5.72. The first kappa shape index (κ1) is 16.0. The quantitative estimate of drug-likeness (QED) is 0.810. The van der Waals surface area contributed by atoms with E-state index in [1.165, 1.54) is 76.7 Å². The predicted molar refractivity (Wildman–Crippen MR) is 103 cm³/mol. The van der Waals surface area contributed by atoms with Crippen LogP contribution in [0.25, 0.3) is 0 Å². The summed E-state index contributed by atoms with van der Waals surface area (Å²) in [5.74, 6) is 1.98. The van der Waals surface area contributed by atoms with Gasteiger partial charge in [0.05, 0.1) is 12.8 Å². The van der Waals surface area contributed by atoms with Crippen LogP contribution in [0.2, 0.25) is 0 Å². The molecule has 0 spiro atoms. The van der Waals surface area contributed by atoms with Crippen LogP contribution in [0, 0.1) is 5.92 Å². The van der Waals surface area contributed by atoms with Gasteiger partial charge in [-0.15, -0.1) is 0 Å². The van der Waals surface area contributed by atoms with Crippen molar-refractivity contribution in [2.45, 2.75) is 62.8 Å². The Kier molecular flexibility index (Phi) is 3.78. The lowest BCUT2D eigenvalue weighted by Crippen LogP contribution is -2.59. The van der Waals surface area contributed by atoms with Gasteiger partial charge in [-0.1, -0.05) is 12.8 Å². The number of likely N-dealkylation sites (N-methyl/N-ethyl adjacent to an activating group) is 1. The van der Waals surface area contributed by atoms with E-state index in [9.17, 15) is 0 Å². The largest absolute Gasteiger partial charge is 0.495 e. The van der Waals surface area contributed by atoms with Gasteiger partial charge in [-0.2, -0.15) is 0 Å². The lowest BCUT2D eigenvalue weighted by atomic mass is 9.52. The predicted octanol–water partition coefficient (Wildman–Crippen LogP) is 3.98. The molecule has 4 aliphatic rings. The van der Waals surface area contributed by atoms with Crippen molar-refractivity contribution < 1.29 is 4.74 Å². The molecule has 25 heavy (non-hydrogen) atoms. The summed E-state index contributed by atoms with van der Waals surface area (Å²) in [5, 5.41) is 0. The molecule has 0 unspecified atom stereocenters. The molecule has 1 aromatic carbocycles. The van der Waals surface area contributed by atoms with Crippen LogP contribution >= 0.6 is 0 Å². The smallest absolute Gasteiger partial charge is 0.142 e. The molecular weight excluding hydrogens is 308 g/mol. The minimum atomic E-state index is 0.430. The number of ether oxygens (including phenoxy) is 1. The van der Waals surface area contributed by atoms with Gasteiger partial charge < -0.3 is 14.5 Å². The first-order chi connectivity index (χ1) is 12.2. The molecule has 2 bridgehead atoms. The Morgan fingerprint density at radius 3 is 2.68 bits per heavy atom. The van der Waals surface area contributed by atoms with Crippen molar-refractivity contribution in [2.75, 3.05) is 38.7 Å². The van der Waals surface area contributed by atoms with Gasteiger partial charge in [0.1, 0.15) is 5.75 Å². The van der Waals surface area contributed by atoms with Crippen LogP contribution in [0.3, 0.4) is 0 Å². The third-order valence-corrected chi connectivity index (χ3v) is 7.86. The zero-order chi connectivity index (χ0) is 17.0. The molecule has 0 N–H and O–H groups in total. The Bertz CT molecular complexity index is 666. The molecule has 0 amide bonds. The SMILES string of the molecule is COc1cc2c(cc1N1CCCC1)C[C@@H]1[C@H]3CCCC[C@]23CCN1C. The second-order valence-corrected chi connectivity index (χ2v) is 8.89. The third kappa shape index (κ3) is 2.27. The number of anilines is 1. The van der Waals surface area contributed by atoms with Gasteiger partial charge >= 0.3 is 0 Å². The lowest BCUT2D eigenvalue weighted by Gasteiger charge is -2.58. The minimum Gasteiger partial charge on any atom is -0.495 e. The Labute approximate surface area is 152 Å². The Balaban J connectivity index is 1.65. The highest BCUT2D eigenvalue weighted by molar-refractivity contribution is 5.64. The molecule has 2 heterocycles. The van der Waals surface area contributed by atoms with Crippen LogP contribution in [0.1, 0.15) is 56.1 Å².